The van der Waals surface area contributed by atoms with E-state index in [0.29, 0.717) is 17.2 Å². The van der Waals surface area contributed by atoms with Crippen molar-refractivity contribution < 1.29 is 19.0 Å². The second-order valence-corrected chi connectivity index (χ2v) is 5.41. The molecule has 0 N–H and O–H groups in total. The Kier molecular flexibility index (Phi) is 5.32. The third-order valence-corrected chi connectivity index (χ3v) is 3.47. The fraction of sp³-hybridized carbons (Fsp3) is 0.0952. The van der Waals surface area contributed by atoms with Gasteiger partial charge in [0.1, 0.15) is 23.0 Å². The molecule has 0 aliphatic heterocycles. The molecule has 0 unspecified atom stereocenters. The van der Waals surface area contributed by atoms with Crippen molar-refractivity contribution in [3.05, 3.63) is 84.4 Å². The Morgan fingerprint density at radius 1 is 0.760 bits per heavy atom. The van der Waals surface area contributed by atoms with Crippen LogP contribution in [0.15, 0.2) is 78.9 Å². The minimum absolute atomic E-state index is 0.146. The van der Waals surface area contributed by atoms with Gasteiger partial charge in [-0.25, -0.2) is 4.79 Å². The highest BCUT2D eigenvalue weighted by molar-refractivity contribution is 5.74. The first kappa shape index (κ1) is 16.6. The Morgan fingerprint density at radius 3 is 2.08 bits per heavy atom. The van der Waals surface area contributed by atoms with E-state index in [2.05, 4.69) is 0 Å². The molecule has 0 spiro atoms. The molecule has 0 radical (unpaired) electrons. The van der Waals surface area contributed by atoms with Crippen molar-refractivity contribution in [2.45, 2.75) is 6.92 Å². The van der Waals surface area contributed by atoms with Crippen molar-refractivity contribution in [3.8, 4) is 23.0 Å². The van der Waals surface area contributed by atoms with Crippen LogP contribution >= 0.6 is 0 Å². The normalized spacial score (nSPS) is 10.1. The molecule has 4 heteroatoms. The van der Waals surface area contributed by atoms with Gasteiger partial charge in [0.2, 0.25) is 0 Å². The lowest BCUT2D eigenvalue weighted by Gasteiger charge is -2.09. The summed E-state index contributed by atoms with van der Waals surface area (Å²) in [6.07, 6.45) is 0. The van der Waals surface area contributed by atoms with Crippen LogP contribution < -0.4 is 14.2 Å². The molecule has 0 aromatic heterocycles. The summed E-state index contributed by atoms with van der Waals surface area (Å²) >= 11 is 0. The highest BCUT2D eigenvalue weighted by Crippen LogP contribution is 2.23. The van der Waals surface area contributed by atoms with Crippen LogP contribution in [0.5, 0.6) is 23.0 Å². The number of para-hydroxylation sites is 2. The first-order valence-electron chi connectivity index (χ1n) is 7.93. The predicted molar refractivity (Wildman–Crippen MR) is 95.3 cm³/mol. The van der Waals surface area contributed by atoms with E-state index in [-0.39, 0.29) is 6.61 Å². The molecule has 126 valence electrons. The Balaban J connectivity index is 1.52. The van der Waals surface area contributed by atoms with Gasteiger partial charge >= 0.3 is 5.97 Å². The lowest BCUT2D eigenvalue weighted by atomic mass is 10.2. The highest BCUT2D eigenvalue weighted by atomic mass is 16.6. The summed E-state index contributed by atoms with van der Waals surface area (Å²) in [4.78, 5) is 11.9. The van der Waals surface area contributed by atoms with Crippen molar-refractivity contribution >= 4 is 5.97 Å². The van der Waals surface area contributed by atoms with Gasteiger partial charge in [-0.2, -0.15) is 0 Å². The SMILES string of the molecule is Cc1ccccc1OCC(=O)Oc1ccc(Oc2ccccc2)cc1. The molecule has 3 aromatic rings. The molecule has 0 saturated carbocycles. The van der Waals surface area contributed by atoms with Gasteiger partial charge in [0.05, 0.1) is 0 Å². The smallest absolute Gasteiger partial charge is 0.349 e. The number of ether oxygens (including phenoxy) is 3. The number of hydrogen-bond donors (Lipinski definition) is 0. The fourth-order valence-electron chi connectivity index (χ4n) is 2.22. The van der Waals surface area contributed by atoms with Crippen LogP contribution in [0.4, 0.5) is 0 Å². The molecule has 0 aliphatic rings. The number of carbonyl (C=O) groups excluding carboxylic acids is 1. The Bertz CT molecular complexity index is 826. The largest absolute Gasteiger partial charge is 0.482 e. The summed E-state index contributed by atoms with van der Waals surface area (Å²) in [6, 6.07) is 23.9. The van der Waals surface area contributed by atoms with Crippen molar-refractivity contribution in [1.82, 2.24) is 0 Å². The molecule has 4 nitrogen and oxygen atoms in total. The summed E-state index contributed by atoms with van der Waals surface area (Å²) in [5, 5.41) is 0. The van der Waals surface area contributed by atoms with Crippen LogP contribution in [-0.2, 0) is 4.79 Å². The van der Waals surface area contributed by atoms with Gasteiger partial charge < -0.3 is 14.2 Å². The van der Waals surface area contributed by atoms with Crippen LogP contribution in [0.3, 0.4) is 0 Å². The molecular weight excluding hydrogens is 316 g/mol. The third-order valence-electron chi connectivity index (χ3n) is 3.47. The van der Waals surface area contributed by atoms with Gasteiger partial charge in [-0.3, -0.25) is 0 Å². The quantitative estimate of drug-likeness (QED) is 0.481. The zero-order valence-electron chi connectivity index (χ0n) is 13.8. The minimum atomic E-state index is -0.458. The summed E-state index contributed by atoms with van der Waals surface area (Å²) in [7, 11) is 0. The summed E-state index contributed by atoms with van der Waals surface area (Å²) in [6.45, 7) is 1.78. The van der Waals surface area contributed by atoms with E-state index in [9.17, 15) is 4.79 Å². The third kappa shape index (κ3) is 4.85. The standard InChI is InChI=1S/C21H18O4/c1-16-7-5-6-10-20(16)23-15-21(22)25-19-13-11-18(12-14-19)24-17-8-3-2-4-9-17/h2-14H,15H2,1H3. The molecule has 0 fully saturated rings. The molecule has 0 bridgehead atoms. The van der Waals surface area contributed by atoms with E-state index in [1.165, 1.54) is 0 Å². The molecule has 3 aromatic carbocycles. The average molecular weight is 334 g/mol. The van der Waals surface area contributed by atoms with Crippen molar-refractivity contribution in [3.63, 3.8) is 0 Å². The average Bonchev–Trinajstić information content (AvgIpc) is 2.64. The maximum Gasteiger partial charge on any atom is 0.349 e. The molecule has 0 atom stereocenters. The number of esters is 1. The van der Waals surface area contributed by atoms with Crippen LogP contribution in [0.1, 0.15) is 5.56 Å². The zero-order valence-corrected chi connectivity index (χ0v) is 13.8. The second kappa shape index (κ2) is 8.02. The van der Waals surface area contributed by atoms with Gasteiger partial charge in [-0.15, -0.1) is 0 Å². The van der Waals surface area contributed by atoms with E-state index in [0.717, 1.165) is 11.3 Å². The van der Waals surface area contributed by atoms with Gasteiger partial charge in [-0.05, 0) is 55.0 Å². The molecule has 0 heterocycles. The molecule has 0 aliphatic carbocycles. The van der Waals surface area contributed by atoms with Gasteiger partial charge in [0, 0.05) is 0 Å². The van der Waals surface area contributed by atoms with Gasteiger partial charge in [-0.1, -0.05) is 36.4 Å². The molecule has 3 rings (SSSR count). The summed E-state index contributed by atoms with van der Waals surface area (Å²) in [5.74, 6) is 2.07. The first-order chi connectivity index (χ1) is 12.2. The van der Waals surface area contributed by atoms with E-state index in [1.807, 2.05) is 61.5 Å². The first-order valence-corrected chi connectivity index (χ1v) is 7.93. The molecule has 25 heavy (non-hydrogen) atoms. The topological polar surface area (TPSA) is 44.8 Å². The van der Waals surface area contributed by atoms with E-state index < -0.39 is 5.97 Å². The molecule has 0 saturated heterocycles. The molecular formula is C21H18O4. The number of hydrogen-bond acceptors (Lipinski definition) is 4. The number of aryl methyl sites for hydroxylation is 1. The van der Waals surface area contributed by atoms with Crippen molar-refractivity contribution in [1.29, 1.82) is 0 Å². The van der Waals surface area contributed by atoms with Crippen LogP contribution in [0.2, 0.25) is 0 Å². The van der Waals surface area contributed by atoms with Crippen LogP contribution in [0, 0.1) is 6.92 Å². The van der Waals surface area contributed by atoms with Crippen LogP contribution in [-0.4, -0.2) is 12.6 Å². The van der Waals surface area contributed by atoms with Crippen molar-refractivity contribution in [2.75, 3.05) is 6.61 Å². The molecule has 0 amide bonds. The minimum Gasteiger partial charge on any atom is -0.482 e. The van der Waals surface area contributed by atoms with Gasteiger partial charge in [0.25, 0.3) is 0 Å². The van der Waals surface area contributed by atoms with Crippen molar-refractivity contribution in [2.24, 2.45) is 0 Å². The fourth-order valence-corrected chi connectivity index (χ4v) is 2.22. The van der Waals surface area contributed by atoms with E-state index >= 15 is 0 Å². The lowest BCUT2D eigenvalue weighted by Crippen LogP contribution is -2.17. The lowest BCUT2D eigenvalue weighted by molar-refractivity contribution is -0.136. The zero-order chi connectivity index (χ0) is 17.5. The Morgan fingerprint density at radius 2 is 1.36 bits per heavy atom. The maximum atomic E-state index is 11.9. The maximum absolute atomic E-state index is 11.9. The van der Waals surface area contributed by atoms with E-state index in [1.54, 1.807) is 24.3 Å². The summed E-state index contributed by atoms with van der Waals surface area (Å²) < 4.78 is 16.4. The number of carbonyl (C=O) groups is 1. The number of benzene rings is 3. The second-order valence-electron chi connectivity index (χ2n) is 5.41. The summed E-state index contributed by atoms with van der Waals surface area (Å²) in [5.41, 5.74) is 0.970. The number of rotatable bonds is 6. The Labute approximate surface area is 146 Å². The van der Waals surface area contributed by atoms with Crippen LogP contribution in [0.25, 0.3) is 0 Å². The monoisotopic (exact) mass is 334 g/mol. The highest BCUT2D eigenvalue weighted by Gasteiger charge is 2.08. The van der Waals surface area contributed by atoms with E-state index in [4.69, 9.17) is 14.2 Å². The predicted octanol–water partition coefficient (Wildman–Crippen LogP) is 4.77. The van der Waals surface area contributed by atoms with Gasteiger partial charge in [0.15, 0.2) is 6.61 Å². The Hall–Kier alpha value is -3.27.